The third kappa shape index (κ3) is 4.79. The van der Waals surface area contributed by atoms with Gasteiger partial charge in [-0.1, -0.05) is 6.07 Å². The Bertz CT molecular complexity index is 759. The maximum absolute atomic E-state index is 12.1. The molecular weight excluding hydrogens is 339 g/mol. The average molecular weight is 353 g/mol. The van der Waals surface area contributed by atoms with Crippen LogP contribution in [0, 0.1) is 0 Å². The van der Waals surface area contributed by atoms with Gasteiger partial charge in [-0.15, -0.1) is 13.2 Å². The topological polar surface area (TPSA) is 56.8 Å². The summed E-state index contributed by atoms with van der Waals surface area (Å²) in [6, 6.07) is 10.2. The summed E-state index contributed by atoms with van der Waals surface area (Å²) in [6.45, 7) is 0.940. The molecule has 25 heavy (non-hydrogen) atoms. The molecule has 1 N–H and O–H groups in total. The fraction of sp³-hybridized carbons (Fsp3) is 0.235. The zero-order valence-corrected chi connectivity index (χ0v) is 12.9. The molecule has 0 spiro atoms. The van der Waals surface area contributed by atoms with E-state index in [1.807, 2.05) is 0 Å². The number of hydrogen-bond acceptors (Lipinski definition) is 4. The van der Waals surface area contributed by atoms with Crippen molar-refractivity contribution < 1.29 is 32.2 Å². The first-order chi connectivity index (χ1) is 11.9. The highest BCUT2D eigenvalue weighted by atomic mass is 19.4. The molecule has 1 amide bonds. The fourth-order valence-electron chi connectivity index (χ4n) is 2.33. The summed E-state index contributed by atoms with van der Waals surface area (Å²) in [4.78, 5) is 12.1. The molecule has 0 radical (unpaired) electrons. The molecule has 8 heteroatoms. The number of rotatable bonds is 4. The molecule has 0 fully saturated rings. The molecule has 0 saturated heterocycles. The fourth-order valence-corrected chi connectivity index (χ4v) is 2.33. The zero-order chi connectivity index (χ0) is 17.9. The number of halogens is 3. The van der Waals surface area contributed by atoms with Gasteiger partial charge in [0.2, 0.25) is 5.91 Å². The van der Waals surface area contributed by atoms with Crippen LogP contribution >= 0.6 is 0 Å². The standard InChI is InChI=1S/C17H14F3NO4/c18-17(19,20)25-13-4-2-12(3-5-13)21-16(22)10-11-1-6-14-15(9-11)24-8-7-23-14/h1-6,9H,7-8,10H2,(H,21,22). The Labute approximate surface area is 141 Å². The van der Waals surface area contributed by atoms with Crippen LogP contribution in [0.1, 0.15) is 5.56 Å². The molecule has 0 bridgehead atoms. The van der Waals surface area contributed by atoms with E-state index in [0.29, 0.717) is 30.4 Å². The molecule has 2 aromatic carbocycles. The lowest BCUT2D eigenvalue weighted by Crippen LogP contribution is -2.18. The van der Waals surface area contributed by atoms with E-state index in [-0.39, 0.29) is 18.1 Å². The van der Waals surface area contributed by atoms with Crippen molar-refractivity contribution in [2.45, 2.75) is 12.8 Å². The first-order valence-corrected chi connectivity index (χ1v) is 7.43. The average Bonchev–Trinajstić information content (AvgIpc) is 2.55. The lowest BCUT2D eigenvalue weighted by molar-refractivity contribution is -0.274. The summed E-state index contributed by atoms with van der Waals surface area (Å²) in [5.41, 5.74) is 1.11. The van der Waals surface area contributed by atoms with Gasteiger partial charge in [-0.05, 0) is 42.0 Å². The molecule has 2 aromatic rings. The SMILES string of the molecule is O=C(Cc1ccc2c(c1)OCCO2)Nc1ccc(OC(F)(F)F)cc1. The molecule has 0 aromatic heterocycles. The number of carbonyl (C=O) groups is 1. The Morgan fingerprint density at radius 3 is 2.40 bits per heavy atom. The van der Waals surface area contributed by atoms with Gasteiger partial charge < -0.3 is 19.5 Å². The number of benzene rings is 2. The van der Waals surface area contributed by atoms with Gasteiger partial charge in [0.25, 0.3) is 0 Å². The van der Waals surface area contributed by atoms with Gasteiger partial charge in [0, 0.05) is 5.69 Å². The highest BCUT2D eigenvalue weighted by molar-refractivity contribution is 5.92. The minimum absolute atomic E-state index is 0.0947. The molecule has 0 aliphatic carbocycles. The lowest BCUT2D eigenvalue weighted by atomic mass is 10.1. The van der Waals surface area contributed by atoms with Crippen LogP contribution in [0.4, 0.5) is 18.9 Å². The van der Waals surface area contributed by atoms with Crippen LogP contribution in [0.15, 0.2) is 42.5 Å². The number of nitrogens with one attached hydrogen (secondary N) is 1. The van der Waals surface area contributed by atoms with Crippen molar-refractivity contribution >= 4 is 11.6 Å². The molecular formula is C17H14F3NO4. The number of amides is 1. The quantitative estimate of drug-likeness (QED) is 0.914. The number of hydrogen-bond donors (Lipinski definition) is 1. The summed E-state index contributed by atoms with van der Waals surface area (Å²) in [5, 5.41) is 2.61. The molecule has 5 nitrogen and oxygen atoms in total. The predicted octanol–water partition coefficient (Wildman–Crippen LogP) is 3.54. The second-order valence-electron chi connectivity index (χ2n) is 5.28. The van der Waals surface area contributed by atoms with Crippen LogP contribution < -0.4 is 19.5 Å². The van der Waals surface area contributed by atoms with E-state index in [4.69, 9.17) is 9.47 Å². The number of carbonyl (C=O) groups excluding carboxylic acids is 1. The summed E-state index contributed by atoms with van der Waals surface area (Å²) < 4.78 is 50.9. The molecule has 0 unspecified atom stereocenters. The van der Waals surface area contributed by atoms with Gasteiger partial charge in [0.05, 0.1) is 6.42 Å². The minimum atomic E-state index is -4.75. The van der Waals surface area contributed by atoms with Gasteiger partial charge in [0.1, 0.15) is 19.0 Å². The van der Waals surface area contributed by atoms with Crippen molar-refractivity contribution in [3.05, 3.63) is 48.0 Å². The maximum atomic E-state index is 12.1. The van der Waals surface area contributed by atoms with Crippen molar-refractivity contribution in [1.29, 1.82) is 0 Å². The lowest BCUT2D eigenvalue weighted by Gasteiger charge is -2.18. The Morgan fingerprint density at radius 1 is 1.04 bits per heavy atom. The van der Waals surface area contributed by atoms with Gasteiger partial charge in [-0.2, -0.15) is 0 Å². The third-order valence-corrected chi connectivity index (χ3v) is 3.34. The summed E-state index contributed by atoms with van der Waals surface area (Å²) in [7, 11) is 0. The largest absolute Gasteiger partial charge is 0.573 e. The smallest absolute Gasteiger partial charge is 0.486 e. The van der Waals surface area contributed by atoms with Gasteiger partial charge >= 0.3 is 6.36 Å². The number of anilines is 1. The Hall–Kier alpha value is -2.90. The van der Waals surface area contributed by atoms with Gasteiger partial charge in [-0.3, -0.25) is 4.79 Å². The van der Waals surface area contributed by atoms with Crippen molar-refractivity contribution in [3.8, 4) is 17.2 Å². The van der Waals surface area contributed by atoms with Crippen LogP contribution in [0.3, 0.4) is 0 Å². The van der Waals surface area contributed by atoms with Crippen LogP contribution in [0.2, 0.25) is 0 Å². The van der Waals surface area contributed by atoms with E-state index in [9.17, 15) is 18.0 Å². The van der Waals surface area contributed by atoms with Crippen LogP contribution in [0.25, 0.3) is 0 Å². The van der Waals surface area contributed by atoms with Gasteiger partial charge in [0.15, 0.2) is 11.5 Å². The highest BCUT2D eigenvalue weighted by Crippen LogP contribution is 2.31. The maximum Gasteiger partial charge on any atom is 0.573 e. The Kier molecular flexibility index (Phi) is 4.69. The monoisotopic (exact) mass is 353 g/mol. The number of fused-ring (bicyclic) bond motifs is 1. The van der Waals surface area contributed by atoms with Crippen LogP contribution in [-0.4, -0.2) is 25.5 Å². The molecule has 132 valence electrons. The highest BCUT2D eigenvalue weighted by Gasteiger charge is 2.30. The normalized spacial score (nSPS) is 13.2. The van der Waals surface area contributed by atoms with Crippen molar-refractivity contribution in [3.63, 3.8) is 0 Å². The summed E-state index contributed by atoms with van der Waals surface area (Å²) in [6.07, 6.45) is -4.65. The third-order valence-electron chi connectivity index (χ3n) is 3.34. The number of ether oxygens (including phenoxy) is 3. The second kappa shape index (κ2) is 6.92. The van der Waals surface area contributed by atoms with E-state index in [0.717, 1.165) is 17.7 Å². The zero-order valence-electron chi connectivity index (χ0n) is 12.9. The first kappa shape index (κ1) is 16.9. The summed E-state index contributed by atoms with van der Waals surface area (Å²) >= 11 is 0. The Balaban J connectivity index is 1.59. The van der Waals surface area contributed by atoms with Crippen molar-refractivity contribution in [1.82, 2.24) is 0 Å². The van der Waals surface area contributed by atoms with E-state index < -0.39 is 6.36 Å². The second-order valence-corrected chi connectivity index (χ2v) is 5.28. The first-order valence-electron chi connectivity index (χ1n) is 7.43. The van der Waals surface area contributed by atoms with E-state index in [1.165, 1.54) is 12.1 Å². The minimum Gasteiger partial charge on any atom is -0.486 e. The van der Waals surface area contributed by atoms with E-state index in [2.05, 4.69) is 10.1 Å². The molecule has 1 aliphatic heterocycles. The van der Waals surface area contributed by atoms with Crippen LogP contribution in [-0.2, 0) is 11.2 Å². The molecule has 0 saturated carbocycles. The van der Waals surface area contributed by atoms with Crippen molar-refractivity contribution in [2.24, 2.45) is 0 Å². The Morgan fingerprint density at radius 2 is 1.72 bits per heavy atom. The van der Waals surface area contributed by atoms with E-state index in [1.54, 1.807) is 18.2 Å². The molecule has 3 rings (SSSR count). The van der Waals surface area contributed by atoms with Crippen molar-refractivity contribution in [2.75, 3.05) is 18.5 Å². The van der Waals surface area contributed by atoms with Gasteiger partial charge in [-0.25, -0.2) is 0 Å². The molecule has 0 atom stereocenters. The molecule has 1 aliphatic rings. The van der Waals surface area contributed by atoms with E-state index >= 15 is 0 Å². The predicted molar refractivity (Wildman–Crippen MR) is 82.9 cm³/mol. The number of alkyl halides is 3. The summed E-state index contributed by atoms with van der Waals surface area (Å²) in [5.74, 6) is 0.569. The molecule has 1 heterocycles. The van der Waals surface area contributed by atoms with Crippen LogP contribution in [0.5, 0.6) is 17.2 Å².